The number of carbonyl (C=O) groups is 1. The zero-order chi connectivity index (χ0) is 15.6. The van der Waals surface area contributed by atoms with E-state index in [1.54, 1.807) is 18.2 Å². The molecule has 0 saturated heterocycles. The third-order valence-electron chi connectivity index (χ3n) is 2.72. The molecule has 0 aliphatic heterocycles. The molecule has 0 bridgehead atoms. The SMILES string of the molecule is CS(=O)(=O)c1ccc(C(=O)Nc2ccc(Cl)c(Br)c2)cc1. The van der Waals surface area contributed by atoms with Gasteiger partial charge in [-0.15, -0.1) is 0 Å². The summed E-state index contributed by atoms with van der Waals surface area (Å²) in [6.07, 6.45) is 1.12. The monoisotopic (exact) mass is 387 g/mol. The van der Waals surface area contributed by atoms with Crippen molar-refractivity contribution in [2.45, 2.75) is 4.90 Å². The van der Waals surface area contributed by atoms with Gasteiger partial charge in [-0.1, -0.05) is 11.6 Å². The fraction of sp³-hybridized carbons (Fsp3) is 0.0714. The number of rotatable bonds is 3. The molecular formula is C14H11BrClNO3S. The smallest absolute Gasteiger partial charge is 0.255 e. The second kappa shape index (κ2) is 6.17. The van der Waals surface area contributed by atoms with Crippen molar-refractivity contribution in [3.05, 3.63) is 57.5 Å². The highest BCUT2D eigenvalue weighted by molar-refractivity contribution is 9.10. The Morgan fingerprint density at radius 3 is 2.29 bits per heavy atom. The Labute approximate surface area is 136 Å². The maximum Gasteiger partial charge on any atom is 0.255 e. The van der Waals surface area contributed by atoms with Crippen LogP contribution < -0.4 is 5.32 Å². The maximum absolute atomic E-state index is 12.1. The molecule has 2 aromatic rings. The van der Waals surface area contributed by atoms with Gasteiger partial charge in [0.05, 0.1) is 9.92 Å². The van der Waals surface area contributed by atoms with Gasteiger partial charge < -0.3 is 5.32 Å². The quantitative estimate of drug-likeness (QED) is 0.871. The van der Waals surface area contributed by atoms with E-state index < -0.39 is 9.84 Å². The van der Waals surface area contributed by atoms with E-state index >= 15 is 0 Å². The van der Waals surface area contributed by atoms with Gasteiger partial charge in [-0.3, -0.25) is 4.79 Å². The van der Waals surface area contributed by atoms with Crippen LogP contribution in [0.1, 0.15) is 10.4 Å². The number of nitrogens with one attached hydrogen (secondary N) is 1. The van der Waals surface area contributed by atoms with Crippen LogP contribution in [0.15, 0.2) is 51.8 Å². The zero-order valence-corrected chi connectivity index (χ0v) is 14.1. The summed E-state index contributed by atoms with van der Waals surface area (Å²) < 4.78 is 23.4. The fourth-order valence-electron chi connectivity index (χ4n) is 1.63. The normalized spacial score (nSPS) is 11.2. The zero-order valence-electron chi connectivity index (χ0n) is 10.9. The van der Waals surface area contributed by atoms with Crippen LogP contribution in [-0.2, 0) is 9.84 Å². The molecule has 0 unspecified atom stereocenters. The van der Waals surface area contributed by atoms with E-state index in [1.807, 2.05) is 0 Å². The number of sulfone groups is 1. The van der Waals surface area contributed by atoms with Crippen molar-refractivity contribution in [1.82, 2.24) is 0 Å². The van der Waals surface area contributed by atoms with E-state index in [2.05, 4.69) is 21.2 Å². The Morgan fingerprint density at radius 1 is 1.14 bits per heavy atom. The highest BCUT2D eigenvalue weighted by Crippen LogP contribution is 2.25. The number of hydrogen-bond acceptors (Lipinski definition) is 3. The van der Waals surface area contributed by atoms with Gasteiger partial charge in [-0.2, -0.15) is 0 Å². The molecular weight excluding hydrogens is 378 g/mol. The van der Waals surface area contributed by atoms with Crippen molar-refractivity contribution in [3.63, 3.8) is 0 Å². The molecule has 0 saturated carbocycles. The highest BCUT2D eigenvalue weighted by Gasteiger charge is 2.10. The van der Waals surface area contributed by atoms with Crippen LogP contribution in [-0.4, -0.2) is 20.6 Å². The van der Waals surface area contributed by atoms with E-state index in [4.69, 9.17) is 11.6 Å². The summed E-state index contributed by atoms with van der Waals surface area (Å²) in [5.74, 6) is -0.329. The summed E-state index contributed by atoms with van der Waals surface area (Å²) in [6, 6.07) is 10.8. The number of halogens is 2. The van der Waals surface area contributed by atoms with Crippen molar-refractivity contribution in [1.29, 1.82) is 0 Å². The molecule has 0 spiro atoms. The van der Waals surface area contributed by atoms with Gasteiger partial charge in [0, 0.05) is 22.0 Å². The molecule has 0 radical (unpaired) electrons. The predicted molar refractivity (Wildman–Crippen MR) is 86.7 cm³/mol. The van der Waals surface area contributed by atoms with Crippen LogP contribution in [0.5, 0.6) is 0 Å². The minimum absolute atomic E-state index is 0.174. The molecule has 0 fully saturated rings. The molecule has 0 atom stereocenters. The topological polar surface area (TPSA) is 63.2 Å². The Hall–Kier alpha value is -1.37. The Bertz CT molecular complexity index is 788. The first kappa shape index (κ1) is 16.0. The van der Waals surface area contributed by atoms with E-state index in [9.17, 15) is 13.2 Å². The van der Waals surface area contributed by atoms with Gasteiger partial charge in [-0.25, -0.2) is 8.42 Å². The first-order chi connectivity index (χ1) is 9.77. The first-order valence-electron chi connectivity index (χ1n) is 5.84. The van der Waals surface area contributed by atoms with Crippen LogP contribution in [0.2, 0.25) is 5.02 Å². The minimum atomic E-state index is -3.27. The van der Waals surface area contributed by atoms with Gasteiger partial charge in [0.25, 0.3) is 5.91 Å². The van der Waals surface area contributed by atoms with Crippen LogP contribution in [0.4, 0.5) is 5.69 Å². The summed E-state index contributed by atoms with van der Waals surface area (Å²) in [5.41, 5.74) is 0.955. The highest BCUT2D eigenvalue weighted by atomic mass is 79.9. The Kier molecular flexibility index (Phi) is 4.70. The first-order valence-corrected chi connectivity index (χ1v) is 8.90. The van der Waals surface area contributed by atoms with E-state index in [0.717, 1.165) is 6.26 Å². The lowest BCUT2D eigenvalue weighted by Gasteiger charge is -2.07. The minimum Gasteiger partial charge on any atom is -0.322 e. The molecule has 1 N–H and O–H groups in total. The lowest BCUT2D eigenvalue weighted by molar-refractivity contribution is 0.102. The largest absolute Gasteiger partial charge is 0.322 e. The fourth-order valence-corrected chi connectivity index (χ4v) is 2.76. The van der Waals surface area contributed by atoms with Crippen LogP contribution in [0.25, 0.3) is 0 Å². The molecule has 0 aromatic heterocycles. The molecule has 21 heavy (non-hydrogen) atoms. The van der Waals surface area contributed by atoms with Gasteiger partial charge in [0.15, 0.2) is 9.84 Å². The molecule has 110 valence electrons. The Balaban J connectivity index is 2.18. The average Bonchev–Trinajstić information content (AvgIpc) is 2.42. The summed E-state index contributed by atoms with van der Waals surface area (Å²) in [7, 11) is -3.27. The van der Waals surface area contributed by atoms with E-state index in [1.165, 1.54) is 24.3 Å². The van der Waals surface area contributed by atoms with Crippen molar-refractivity contribution in [2.24, 2.45) is 0 Å². The molecule has 0 aliphatic rings. The maximum atomic E-state index is 12.1. The third-order valence-corrected chi connectivity index (χ3v) is 5.06. The van der Waals surface area contributed by atoms with Gasteiger partial charge >= 0.3 is 0 Å². The summed E-state index contributed by atoms with van der Waals surface area (Å²) >= 11 is 9.15. The predicted octanol–water partition coefficient (Wildman–Crippen LogP) is 3.76. The third kappa shape index (κ3) is 4.06. The summed E-state index contributed by atoms with van der Waals surface area (Å²) in [5, 5.41) is 3.25. The van der Waals surface area contributed by atoms with Crippen molar-refractivity contribution < 1.29 is 13.2 Å². The number of anilines is 1. The van der Waals surface area contributed by atoms with Crippen molar-refractivity contribution >= 4 is 49.0 Å². The molecule has 0 aliphatic carbocycles. The summed E-state index contributed by atoms with van der Waals surface area (Å²) in [4.78, 5) is 12.2. The molecule has 7 heteroatoms. The van der Waals surface area contributed by atoms with Crippen LogP contribution >= 0.6 is 27.5 Å². The molecule has 4 nitrogen and oxygen atoms in total. The average molecular weight is 389 g/mol. The van der Waals surface area contributed by atoms with E-state index in [0.29, 0.717) is 20.7 Å². The lowest BCUT2D eigenvalue weighted by Crippen LogP contribution is -2.12. The van der Waals surface area contributed by atoms with Gasteiger partial charge in [0.2, 0.25) is 0 Å². The number of amides is 1. The van der Waals surface area contributed by atoms with Crippen molar-refractivity contribution in [3.8, 4) is 0 Å². The lowest BCUT2D eigenvalue weighted by atomic mass is 10.2. The van der Waals surface area contributed by atoms with Crippen LogP contribution in [0.3, 0.4) is 0 Å². The second-order valence-electron chi connectivity index (χ2n) is 4.38. The molecule has 2 aromatic carbocycles. The molecule has 1 amide bonds. The Morgan fingerprint density at radius 2 is 1.76 bits per heavy atom. The van der Waals surface area contributed by atoms with E-state index in [-0.39, 0.29) is 10.8 Å². The second-order valence-corrected chi connectivity index (χ2v) is 7.66. The van der Waals surface area contributed by atoms with Crippen LogP contribution in [0, 0.1) is 0 Å². The van der Waals surface area contributed by atoms with Crippen molar-refractivity contribution in [2.75, 3.05) is 11.6 Å². The number of benzene rings is 2. The van der Waals surface area contributed by atoms with Gasteiger partial charge in [-0.05, 0) is 58.4 Å². The standard InChI is InChI=1S/C14H11BrClNO3S/c1-21(19,20)11-5-2-9(3-6-11)14(18)17-10-4-7-13(16)12(15)8-10/h2-8H,1H3,(H,17,18). The molecule has 0 heterocycles. The number of hydrogen-bond donors (Lipinski definition) is 1. The molecule has 2 rings (SSSR count). The number of carbonyl (C=O) groups excluding carboxylic acids is 1. The summed E-state index contributed by atoms with van der Waals surface area (Å²) in [6.45, 7) is 0. The van der Waals surface area contributed by atoms with Gasteiger partial charge in [0.1, 0.15) is 0 Å².